The molecule has 0 aromatic heterocycles. The fourth-order valence-corrected chi connectivity index (χ4v) is 1.58. The van der Waals surface area contributed by atoms with E-state index in [4.69, 9.17) is 15.7 Å². The van der Waals surface area contributed by atoms with Crippen LogP contribution in [0, 0.1) is 0 Å². The number of ether oxygens (including phenoxy) is 1. The third kappa shape index (κ3) is 5.88. The van der Waals surface area contributed by atoms with Crippen LogP contribution in [0.15, 0.2) is 33.9 Å². The number of halogens is 1. The maximum Gasteiger partial charge on any atom is 0.140 e. The van der Waals surface area contributed by atoms with Crippen LogP contribution in [0.3, 0.4) is 0 Å². The first kappa shape index (κ1) is 14.8. The molecule has 5 nitrogen and oxygen atoms in total. The van der Waals surface area contributed by atoms with Gasteiger partial charge in [-0.25, -0.2) is 0 Å². The standard InChI is InChI=1S/C12H18BrN3O2/c1-16(7-6-12(14)15-17)8-9-18-11-4-2-10(13)3-5-11/h2-5,17H,6-9H2,1H3,(H2,14,15). The summed E-state index contributed by atoms with van der Waals surface area (Å²) >= 11 is 3.37. The van der Waals surface area contributed by atoms with Crippen molar-refractivity contribution in [2.24, 2.45) is 10.9 Å². The number of hydrogen-bond donors (Lipinski definition) is 2. The van der Waals surface area contributed by atoms with Gasteiger partial charge in [-0.3, -0.25) is 0 Å². The second-order valence-corrected chi connectivity index (χ2v) is 4.86. The number of amidine groups is 1. The summed E-state index contributed by atoms with van der Waals surface area (Å²) in [6.07, 6.45) is 0.547. The summed E-state index contributed by atoms with van der Waals surface area (Å²) in [5.74, 6) is 1.10. The molecule has 6 heteroatoms. The van der Waals surface area contributed by atoms with Crippen LogP contribution in [0.2, 0.25) is 0 Å². The van der Waals surface area contributed by atoms with Gasteiger partial charge in [0.2, 0.25) is 0 Å². The van der Waals surface area contributed by atoms with Gasteiger partial charge in [0, 0.05) is 24.0 Å². The van der Waals surface area contributed by atoms with Gasteiger partial charge >= 0.3 is 0 Å². The van der Waals surface area contributed by atoms with Gasteiger partial charge in [0.05, 0.1) is 0 Å². The van der Waals surface area contributed by atoms with E-state index in [1.165, 1.54) is 0 Å². The van der Waals surface area contributed by atoms with Crippen molar-refractivity contribution in [2.75, 3.05) is 26.7 Å². The molecule has 0 aliphatic rings. The van der Waals surface area contributed by atoms with Crippen LogP contribution in [0.5, 0.6) is 5.75 Å². The molecule has 1 aromatic rings. The van der Waals surface area contributed by atoms with E-state index < -0.39 is 0 Å². The van der Waals surface area contributed by atoms with E-state index in [0.717, 1.165) is 23.3 Å². The molecule has 0 radical (unpaired) electrons. The van der Waals surface area contributed by atoms with Crippen molar-refractivity contribution in [2.45, 2.75) is 6.42 Å². The van der Waals surface area contributed by atoms with Crippen molar-refractivity contribution in [3.8, 4) is 5.75 Å². The van der Waals surface area contributed by atoms with Crippen LogP contribution in [0.25, 0.3) is 0 Å². The van der Waals surface area contributed by atoms with E-state index >= 15 is 0 Å². The molecule has 1 rings (SSSR count). The minimum Gasteiger partial charge on any atom is -0.492 e. The lowest BCUT2D eigenvalue weighted by molar-refractivity contribution is 0.240. The summed E-state index contributed by atoms with van der Waals surface area (Å²) in [4.78, 5) is 2.07. The number of nitrogens with zero attached hydrogens (tertiary/aromatic N) is 2. The molecule has 100 valence electrons. The molecule has 0 heterocycles. The smallest absolute Gasteiger partial charge is 0.140 e. The van der Waals surface area contributed by atoms with Gasteiger partial charge in [-0.1, -0.05) is 21.1 Å². The Morgan fingerprint density at radius 2 is 2.06 bits per heavy atom. The van der Waals surface area contributed by atoms with E-state index in [0.29, 0.717) is 13.0 Å². The molecule has 0 saturated carbocycles. The molecule has 0 atom stereocenters. The minimum absolute atomic E-state index is 0.246. The summed E-state index contributed by atoms with van der Waals surface area (Å²) in [5, 5.41) is 11.3. The highest BCUT2D eigenvalue weighted by Gasteiger charge is 2.01. The highest BCUT2D eigenvalue weighted by Crippen LogP contribution is 2.15. The van der Waals surface area contributed by atoms with Gasteiger partial charge in [0.25, 0.3) is 0 Å². The predicted molar refractivity (Wildman–Crippen MR) is 75.2 cm³/mol. The Morgan fingerprint density at radius 1 is 1.39 bits per heavy atom. The van der Waals surface area contributed by atoms with Crippen LogP contribution < -0.4 is 10.5 Å². The Labute approximate surface area is 115 Å². The zero-order valence-corrected chi connectivity index (χ0v) is 11.9. The van der Waals surface area contributed by atoms with E-state index in [9.17, 15) is 0 Å². The average molecular weight is 316 g/mol. The quantitative estimate of drug-likeness (QED) is 0.349. The Morgan fingerprint density at radius 3 is 2.67 bits per heavy atom. The summed E-state index contributed by atoms with van der Waals surface area (Å²) < 4.78 is 6.62. The minimum atomic E-state index is 0.246. The van der Waals surface area contributed by atoms with Gasteiger partial charge in [0.1, 0.15) is 18.2 Å². The number of nitrogens with two attached hydrogens (primary N) is 1. The van der Waals surface area contributed by atoms with Crippen molar-refractivity contribution >= 4 is 21.8 Å². The molecule has 0 amide bonds. The summed E-state index contributed by atoms with van der Waals surface area (Å²) in [7, 11) is 1.97. The lowest BCUT2D eigenvalue weighted by Gasteiger charge is -2.16. The predicted octanol–water partition coefficient (Wildman–Crippen LogP) is 1.90. The first-order chi connectivity index (χ1) is 8.61. The zero-order valence-electron chi connectivity index (χ0n) is 10.3. The number of hydrogen-bond acceptors (Lipinski definition) is 4. The fourth-order valence-electron chi connectivity index (χ4n) is 1.32. The van der Waals surface area contributed by atoms with E-state index in [1.54, 1.807) is 0 Å². The normalized spacial score (nSPS) is 11.8. The van der Waals surface area contributed by atoms with Crippen molar-refractivity contribution < 1.29 is 9.94 Å². The number of benzene rings is 1. The maximum atomic E-state index is 8.41. The Bertz CT molecular complexity index is 381. The van der Waals surface area contributed by atoms with Gasteiger partial charge in [0.15, 0.2) is 0 Å². The molecule has 0 fully saturated rings. The summed E-state index contributed by atoms with van der Waals surface area (Å²) in [6.45, 7) is 2.13. The van der Waals surface area contributed by atoms with E-state index in [2.05, 4.69) is 26.0 Å². The first-order valence-corrected chi connectivity index (χ1v) is 6.44. The zero-order chi connectivity index (χ0) is 13.4. The summed E-state index contributed by atoms with van der Waals surface area (Å²) in [5.41, 5.74) is 5.39. The lowest BCUT2D eigenvalue weighted by atomic mass is 10.3. The molecule has 1 aromatic carbocycles. The molecular formula is C12H18BrN3O2. The highest BCUT2D eigenvalue weighted by molar-refractivity contribution is 9.10. The van der Waals surface area contributed by atoms with Gasteiger partial charge in [-0.15, -0.1) is 0 Å². The largest absolute Gasteiger partial charge is 0.492 e. The van der Waals surface area contributed by atoms with Crippen molar-refractivity contribution in [1.82, 2.24) is 4.90 Å². The van der Waals surface area contributed by atoms with Crippen LogP contribution in [0.4, 0.5) is 0 Å². The summed E-state index contributed by atoms with van der Waals surface area (Å²) in [6, 6.07) is 7.72. The molecule has 0 spiro atoms. The molecule has 0 aliphatic heterocycles. The molecule has 0 bridgehead atoms. The lowest BCUT2D eigenvalue weighted by Crippen LogP contribution is -2.28. The van der Waals surface area contributed by atoms with Crippen LogP contribution in [-0.4, -0.2) is 42.7 Å². The van der Waals surface area contributed by atoms with Crippen molar-refractivity contribution in [1.29, 1.82) is 0 Å². The van der Waals surface area contributed by atoms with E-state index in [1.807, 2.05) is 31.3 Å². The molecule has 0 saturated heterocycles. The number of likely N-dealkylation sites (N-methyl/N-ethyl adjacent to an activating group) is 1. The molecular weight excluding hydrogens is 298 g/mol. The second-order valence-electron chi connectivity index (χ2n) is 3.95. The van der Waals surface area contributed by atoms with E-state index in [-0.39, 0.29) is 5.84 Å². The van der Waals surface area contributed by atoms with Gasteiger partial charge < -0.3 is 20.6 Å². The number of oxime groups is 1. The van der Waals surface area contributed by atoms with Crippen LogP contribution >= 0.6 is 15.9 Å². The van der Waals surface area contributed by atoms with Gasteiger partial charge in [-0.05, 0) is 31.3 Å². The number of rotatable bonds is 7. The fraction of sp³-hybridized carbons (Fsp3) is 0.417. The monoisotopic (exact) mass is 315 g/mol. The van der Waals surface area contributed by atoms with Gasteiger partial charge in [-0.2, -0.15) is 0 Å². The Kier molecular flexibility index (Phi) is 6.53. The van der Waals surface area contributed by atoms with Crippen LogP contribution in [0.1, 0.15) is 6.42 Å². The molecule has 3 N–H and O–H groups in total. The molecule has 0 aliphatic carbocycles. The highest BCUT2D eigenvalue weighted by atomic mass is 79.9. The van der Waals surface area contributed by atoms with Crippen molar-refractivity contribution in [3.05, 3.63) is 28.7 Å². The third-order valence-electron chi connectivity index (χ3n) is 2.43. The second kappa shape index (κ2) is 7.94. The molecule has 0 unspecified atom stereocenters. The third-order valence-corrected chi connectivity index (χ3v) is 2.96. The van der Waals surface area contributed by atoms with Crippen molar-refractivity contribution in [3.63, 3.8) is 0 Å². The Hall–Kier alpha value is -1.27. The topological polar surface area (TPSA) is 71.1 Å². The Balaban J connectivity index is 2.19. The van der Waals surface area contributed by atoms with Crippen LogP contribution in [-0.2, 0) is 0 Å². The maximum absolute atomic E-state index is 8.41. The SMILES string of the molecule is CN(CCOc1ccc(Br)cc1)CCC(N)=NO. The average Bonchev–Trinajstić information content (AvgIpc) is 2.38. The first-order valence-electron chi connectivity index (χ1n) is 5.65. The molecule has 18 heavy (non-hydrogen) atoms.